The molecule has 1 N–H and O–H groups in total. The van der Waals surface area contributed by atoms with Crippen molar-refractivity contribution in [3.63, 3.8) is 0 Å². The highest BCUT2D eigenvalue weighted by atomic mass is 35.5. The summed E-state index contributed by atoms with van der Waals surface area (Å²) in [6, 6.07) is 5.63. The molecule has 1 aromatic rings. The molecule has 0 unspecified atom stereocenters. The fourth-order valence-electron chi connectivity index (χ4n) is 2.29. The summed E-state index contributed by atoms with van der Waals surface area (Å²) >= 11 is 6.25. The zero-order valence-corrected chi connectivity index (χ0v) is 11.5. The van der Waals surface area contributed by atoms with Gasteiger partial charge in [-0.25, -0.2) is 0 Å². The highest BCUT2D eigenvalue weighted by Gasteiger charge is 2.14. The Hall–Kier alpha value is -0.900. The Morgan fingerprint density at radius 1 is 1.39 bits per heavy atom. The molecule has 1 aromatic carbocycles. The van der Waals surface area contributed by atoms with Gasteiger partial charge >= 0.3 is 0 Å². The standard InChI is InChI=1S/C14H19ClN2O/c1-16-9-14(18)11-4-5-12(13(15)8-11)10-17-6-2-3-7-17/h4-5,8,16H,2-3,6-7,9-10H2,1H3. The topological polar surface area (TPSA) is 32.3 Å². The van der Waals surface area contributed by atoms with Crippen LogP contribution in [0.25, 0.3) is 0 Å². The van der Waals surface area contributed by atoms with E-state index in [0.717, 1.165) is 25.2 Å². The highest BCUT2D eigenvalue weighted by Crippen LogP contribution is 2.21. The largest absolute Gasteiger partial charge is 0.313 e. The van der Waals surface area contributed by atoms with Gasteiger partial charge in [-0.2, -0.15) is 0 Å². The first-order valence-corrected chi connectivity index (χ1v) is 6.77. The molecule has 3 nitrogen and oxygen atoms in total. The summed E-state index contributed by atoms with van der Waals surface area (Å²) in [5, 5.41) is 3.56. The molecule has 0 spiro atoms. The molecule has 0 amide bonds. The Bertz CT molecular complexity index is 428. The van der Waals surface area contributed by atoms with Crippen LogP contribution in [0.4, 0.5) is 0 Å². The number of likely N-dealkylation sites (tertiary alicyclic amines) is 1. The summed E-state index contributed by atoms with van der Waals surface area (Å²) in [7, 11) is 1.77. The number of benzene rings is 1. The minimum atomic E-state index is 0.0760. The van der Waals surface area contributed by atoms with E-state index in [4.69, 9.17) is 11.6 Å². The van der Waals surface area contributed by atoms with Crippen molar-refractivity contribution in [3.8, 4) is 0 Å². The van der Waals surface area contributed by atoms with Crippen molar-refractivity contribution in [1.82, 2.24) is 10.2 Å². The van der Waals surface area contributed by atoms with E-state index in [0.29, 0.717) is 17.1 Å². The third-order valence-corrected chi connectivity index (χ3v) is 3.66. The van der Waals surface area contributed by atoms with Gasteiger partial charge in [0.05, 0.1) is 6.54 Å². The molecule has 4 heteroatoms. The second kappa shape index (κ2) is 6.32. The van der Waals surface area contributed by atoms with E-state index in [2.05, 4.69) is 10.2 Å². The van der Waals surface area contributed by atoms with E-state index in [1.54, 1.807) is 13.1 Å². The molecule has 0 radical (unpaired) electrons. The van der Waals surface area contributed by atoms with Crippen molar-refractivity contribution >= 4 is 17.4 Å². The van der Waals surface area contributed by atoms with Crippen LogP contribution in [0.3, 0.4) is 0 Å². The van der Waals surface area contributed by atoms with Crippen LogP contribution >= 0.6 is 11.6 Å². The fraction of sp³-hybridized carbons (Fsp3) is 0.500. The van der Waals surface area contributed by atoms with Gasteiger partial charge in [0.15, 0.2) is 5.78 Å². The third kappa shape index (κ3) is 3.31. The average Bonchev–Trinajstić information content (AvgIpc) is 2.85. The van der Waals surface area contributed by atoms with Gasteiger partial charge in [0.25, 0.3) is 0 Å². The monoisotopic (exact) mass is 266 g/mol. The van der Waals surface area contributed by atoms with Crippen molar-refractivity contribution in [2.24, 2.45) is 0 Å². The fourth-order valence-corrected chi connectivity index (χ4v) is 2.53. The third-order valence-electron chi connectivity index (χ3n) is 3.31. The summed E-state index contributed by atoms with van der Waals surface area (Å²) in [4.78, 5) is 14.1. The van der Waals surface area contributed by atoms with Gasteiger partial charge in [-0.15, -0.1) is 0 Å². The van der Waals surface area contributed by atoms with Gasteiger partial charge in [0, 0.05) is 17.1 Å². The lowest BCUT2D eigenvalue weighted by molar-refractivity contribution is 0.0993. The van der Waals surface area contributed by atoms with Crippen LogP contribution in [0, 0.1) is 0 Å². The van der Waals surface area contributed by atoms with Crippen molar-refractivity contribution in [1.29, 1.82) is 0 Å². The molecular weight excluding hydrogens is 248 g/mol. The summed E-state index contributed by atoms with van der Waals surface area (Å²) in [5.41, 5.74) is 1.79. The number of hydrogen-bond donors (Lipinski definition) is 1. The van der Waals surface area contributed by atoms with Crippen molar-refractivity contribution in [2.75, 3.05) is 26.7 Å². The number of Topliss-reactive ketones (excluding diaryl/α,β-unsaturated/α-hetero) is 1. The molecule has 0 aliphatic carbocycles. The molecule has 0 saturated carbocycles. The van der Waals surface area contributed by atoms with E-state index in [1.807, 2.05) is 12.1 Å². The van der Waals surface area contributed by atoms with E-state index in [-0.39, 0.29) is 5.78 Å². The molecular formula is C14H19ClN2O. The minimum Gasteiger partial charge on any atom is -0.313 e. The Morgan fingerprint density at radius 3 is 2.72 bits per heavy atom. The molecule has 1 aliphatic rings. The van der Waals surface area contributed by atoms with Gasteiger partial charge in [0.2, 0.25) is 0 Å². The van der Waals surface area contributed by atoms with E-state index in [9.17, 15) is 4.79 Å². The smallest absolute Gasteiger partial charge is 0.176 e. The minimum absolute atomic E-state index is 0.0760. The molecule has 2 rings (SSSR count). The second-order valence-electron chi connectivity index (χ2n) is 4.74. The average molecular weight is 267 g/mol. The van der Waals surface area contributed by atoms with Gasteiger partial charge < -0.3 is 5.32 Å². The Balaban J connectivity index is 2.06. The van der Waals surface area contributed by atoms with Crippen LogP contribution < -0.4 is 5.32 Å². The molecule has 0 atom stereocenters. The predicted octanol–water partition coefficient (Wildman–Crippen LogP) is 2.34. The predicted molar refractivity (Wildman–Crippen MR) is 74.2 cm³/mol. The van der Waals surface area contributed by atoms with Crippen LogP contribution in [-0.2, 0) is 6.54 Å². The van der Waals surface area contributed by atoms with Crippen molar-refractivity contribution < 1.29 is 4.79 Å². The molecule has 1 fully saturated rings. The normalized spacial score (nSPS) is 16.1. The maximum atomic E-state index is 11.7. The van der Waals surface area contributed by atoms with Crippen LogP contribution in [0.1, 0.15) is 28.8 Å². The van der Waals surface area contributed by atoms with Crippen LogP contribution in [0.2, 0.25) is 5.02 Å². The number of carbonyl (C=O) groups is 1. The van der Waals surface area contributed by atoms with E-state index >= 15 is 0 Å². The zero-order valence-electron chi connectivity index (χ0n) is 10.7. The van der Waals surface area contributed by atoms with Gasteiger partial charge in [-0.05, 0) is 44.6 Å². The SMILES string of the molecule is CNCC(=O)c1ccc(CN2CCCC2)c(Cl)c1. The maximum absolute atomic E-state index is 11.7. The zero-order chi connectivity index (χ0) is 13.0. The van der Waals surface area contributed by atoms with E-state index in [1.165, 1.54) is 12.8 Å². The summed E-state index contributed by atoms with van der Waals surface area (Å²) in [6.07, 6.45) is 2.55. The van der Waals surface area contributed by atoms with Crippen LogP contribution in [0.15, 0.2) is 18.2 Å². The molecule has 18 heavy (non-hydrogen) atoms. The lowest BCUT2D eigenvalue weighted by Crippen LogP contribution is -2.20. The Morgan fingerprint density at radius 2 is 2.11 bits per heavy atom. The van der Waals surface area contributed by atoms with Crippen molar-refractivity contribution in [3.05, 3.63) is 34.3 Å². The van der Waals surface area contributed by atoms with E-state index < -0.39 is 0 Å². The number of halogens is 1. The highest BCUT2D eigenvalue weighted by molar-refractivity contribution is 6.31. The Kier molecular flexibility index (Phi) is 4.75. The van der Waals surface area contributed by atoms with Crippen LogP contribution in [-0.4, -0.2) is 37.4 Å². The summed E-state index contributed by atoms with van der Waals surface area (Å²) in [5.74, 6) is 0.0760. The first-order chi connectivity index (χ1) is 8.70. The molecule has 1 saturated heterocycles. The second-order valence-corrected chi connectivity index (χ2v) is 5.15. The van der Waals surface area contributed by atoms with Gasteiger partial charge in [-0.1, -0.05) is 23.7 Å². The number of hydrogen-bond acceptors (Lipinski definition) is 3. The molecule has 0 bridgehead atoms. The quantitative estimate of drug-likeness (QED) is 0.831. The molecule has 98 valence electrons. The molecule has 1 aliphatic heterocycles. The summed E-state index contributed by atoms with van der Waals surface area (Å²) < 4.78 is 0. The lowest BCUT2D eigenvalue weighted by Gasteiger charge is -2.16. The van der Waals surface area contributed by atoms with Crippen molar-refractivity contribution in [2.45, 2.75) is 19.4 Å². The van der Waals surface area contributed by atoms with Gasteiger partial charge in [-0.3, -0.25) is 9.69 Å². The number of carbonyl (C=O) groups excluding carboxylic acids is 1. The molecule has 0 aromatic heterocycles. The molecule has 1 heterocycles. The number of ketones is 1. The van der Waals surface area contributed by atoms with Gasteiger partial charge in [0.1, 0.15) is 0 Å². The number of nitrogens with one attached hydrogen (secondary N) is 1. The maximum Gasteiger partial charge on any atom is 0.176 e. The Labute approximate surface area is 113 Å². The van der Waals surface area contributed by atoms with Crippen LogP contribution in [0.5, 0.6) is 0 Å². The first kappa shape index (κ1) is 13.5. The lowest BCUT2D eigenvalue weighted by atomic mass is 10.1. The summed E-state index contributed by atoms with van der Waals surface area (Å²) in [6.45, 7) is 3.54. The number of rotatable bonds is 5. The number of nitrogens with zero attached hydrogens (tertiary/aromatic N) is 1. The number of likely N-dealkylation sites (N-methyl/N-ethyl adjacent to an activating group) is 1. The first-order valence-electron chi connectivity index (χ1n) is 6.39.